The molecule has 134 valence electrons. The topological polar surface area (TPSA) is 57.4 Å². The van der Waals surface area contributed by atoms with Crippen LogP contribution in [0.5, 0.6) is 11.5 Å². The molecular weight excluding hydrogens is 366 g/mol. The van der Waals surface area contributed by atoms with Gasteiger partial charge in [0, 0.05) is 5.56 Å². The zero-order valence-electron chi connectivity index (χ0n) is 13.5. The minimum absolute atomic E-state index is 0.0628. The molecule has 2 aromatic carbocycles. The Morgan fingerprint density at radius 2 is 1.73 bits per heavy atom. The molecule has 1 heterocycles. The molecule has 0 aliphatic rings. The average Bonchev–Trinajstić information content (AvgIpc) is 3.13. The number of ether oxygens (including phenoxy) is 2. The van der Waals surface area contributed by atoms with Crippen LogP contribution in [0.15, 0.2) is 53.1 Å². The highest BCUT2D eigenvalue weighted by Crippen LogP contribution is 2.25. The minimum atomic E-state index is -2.87. The van der Waals surface area contributed by atoms with Crippen LogP contribution in [0, 0.1) is 0 Å². The van der Waals surface area contributed by atoms with Gasteiger partial charge in [-0.1, -0.05) is 28.9 Å². The van der Waals surface area contributed by atoms with Crippen LogP contribution in [0.1, 0.15) is 11.5 Å². The van der Waals surface area contributed by atoms with Gasteiger partial charge in [-0.3, -0.25) is 0 Å². The smallest absolute Gasteiger partial charge is 0.387 e. The number of halogens is 3. The van der Waals surface area contributed by atoms with Crippen LogP contribution >= 0.6 is 11.6 Å². The lowest BCUT2D eigenvalue weighted by Crippen LogP contribution is -2.01. The lowest BCUT2D eigenvalue weighted by molar-refractivity contribution is -0.0498. The van der Waals surface area contributed by atoms with E-state index in [1.54, 1.807) is 49.6 Å². The van der Waals surface area contributed by atoms with Gasteiger partial charge in [-0.2, -0.15) is 13.8 Å². The Balaban J connectivity index is 1.76. The van der Waals surface area contributed by atoms with E-state index in [2.05, 4.69) is 14.9 Å². The third-order valence-electron chi connectivity index (χ3n) is 3.38. The number of nitrogens with zero attached hydrogens (tertiary/aromatic N) is 2. The van der Waals surface area contributed by atoms with Crippen LogP contribution in [0.3, 0.4) is 0 Å². The molecule has 0 aliphatic carbocycles. The number of aromatic nitrogens is 2. The van der Waals surface area contributed by atoms with E-state index in [9.17, 15) is 8.78 Å². The summed E-state index contributed by atoms with van der Waals surface area (Å²) in [6, 6.07) is 13.2. The lowest BCUT2D eigenvalue weighted by Gasteiger charge is -2.03. The molecule has 0 saturated heterocycles. The predicted molar refractivity (Wildman–Crippen MR) is 93.1 cm³/mol. The maximum Gasteiger partial charge on any atom is 0.387 e. The summed E-state index contributed by atoms with van der Waals surface area (Å²) in [5, 5.41) is 4.12. The standard InChI is InChI=1S/C18H13ClF2N2O3/c1-24-13-8-4-12(5-9-13)16-22-17(26-23-16)15(19)10-11-2-6-14(7-3-11)25-18(20)21/h2-10,18H,1H3/b15-10-. The second kappa shape index (κ2) is 7.97. The van der Waals surface area contributed by atoms with Gasteiger partial charge in [0.05, 0.1) is 7.11 Å². The van der Waals surface area contributed by atoms with Gasteiger partial charge in [0.1, 0.15) is 16.5 Å². The van der Waals surface area contributed by atoms with Gasteiger partial charge in [0.2, 0.25) is 5.82 Å². The van der Waals surface area contributed by atoms with E-state index in [-0.39, 0.29) is 16.7 Å². The summed E-state index contributed by atoms with van der Waals surface area (Å²) in [4.78, 5) is 4.25. The molecule has 5 nitrogen and oxygen atoms in total. The fraction of sp³-hybridized carbons (Fsp3) is 0.111. The van der Waals surface area contributed by atoms with Crippen molar-refractivity contribution >= 4 is 22.7 Å². The van der Waals surface area contributed by atoms with Crippen molar-refractivity contribution in [3.8, 4) is 22.9 Å². The summed E-state index contributed by atoms with van der Waals surface area (Å²) >= 11 is 6.21. The molecular formula is C18H13ClF2N2O3. The Bertz CT molecular complexity index is 894. The molecule has 0 atom stereocenters. The number of methoxy groups -OCH3 is 1. The van der Waals surface area contributed by atoms with Gasteiger partial charge >= 0.3 is 6.61 Å². The van der Waals surface area contributed by atoms with Crippen LogP contribution < -0.4 is 9.47 Å². The van der Waals surface area contributed by atoms with Crippen LogP contribution in [0.4, 0.5) is 8.78 Å². The van der Waals surface area contributed by atoms with Crippen molar-refractivity contribution in [1.29, 1.82) is 0 Å². The van der Waals surface area contributed by atoms with Gasteiger partial charge in [-0.15, -0.1) is 0 Å². The van der Waals surface area contributed by atoms with Crippen molar-refractivity contribution in [1.82, 2.24) is 10.1 Å². The van der Waals surface area contributed by atoms with Gasteiger partial charge in [0.15, 0.2) is 0 Å². The number of alkyl halides is 2. The molecule has 3 aromatic rings. The molecule has 0 radical (unpaired) electrons. The summed E-state index contributed by atoms with van der Waals surface area (Å²) in [7, 11) is 1.58. The first-order valence-electron chi connectivity index (χ1n) is 7.46. The molecule has 0 amide bonds. The zero-order valence-corrected chi connectivity index (χ0v) is 14.3. The first-order valence-corrected chi connectivity index (χ1v) is 7.83. The Morgan fingerprint density at radius 3 is 2.35 bits per heavy atom. The van der Waals surface area contributed by atoms with Crippen molar-refractivity contribution in [2.24, 2.45) is 0 Å². The van der Waals surface area contributed by atoms with E-state index in [1.807, 2.05) is 0 Å². The minimum Gasteiger partial charge on any atom is -0.497 e. The summed E-state index contributed by atoms with van der Waals surface area (Å²) in [6.07, 6.45) is 1.58. The second-order valence-corrected chi connectivity index (χ2v) is 5.50. The second-order valence-electron chi connectivity index (χ2n) is 5.09. The summed E-state index contributed by atoms with van der Waals surface area (Å²) < 4.78 is 38.9. The maximum absolute atomic E-state index is 12.1. The molecule has 0 fully saturated rings. The molecule has 0 bridgehead atoms. The van der Waals surface area contributed by atoms with Crippen molar-refractivity contribution in [2.75, 3.05) is 7.11 Å². The first-order chi connectivity index (χ1) is 12.5. The molecule has 0 spiro atoms. The average molecular weight is 379 g/mol. The lowest BCUT2D eigenvalue weighted by atomic mass is 10.2. The Kier molecular flexibility index (Phi) is 5.48. The molecule has 0 saturated carbocycles. The van der Waals surface area contributed by atoms with E-state index in [4.69, 9.17) is 20.9 Å². The number of hydrogen-bond acceptors (Lipinski definition) is 5. The zero-order chi connectivity index (χ0) is 18.5. The van der Waals surface area contributed by atoms with Crippen molar-refractivity contribution in [2.45, 2.75) is 6.61 Å². The van der Waals surface area contributed by atoms with Crippen molar-refractivity contribution in [3.05, 3.63) is 60.0 Å². The van der Waals surface area contributed by atoms with E-state index >= 15 is 0 Å². The molecule has 0 aliphatic heterocycles. The Labute approximate surface area is 152 Å². The van der Waals surface area contributed by atoms with Crippen LogP contribution in [-0.2, 0) is 0 Å². The maximum atomic E-state index is 12.1. The van der Waals surface area contributed by atoms with Crippen molar-refractivity contribution < 1.29 is 22.8 Å². The predicted octanol–water partition coefficient (Wildman–Crippen LogP) is 5.08. The van der Waals surface area contributed by atoms with Crippen LogP contribution in [0.2, 0.25) is 0 Å². The number of hydrogen-bond donors (Lipinski definition) is 0. The van der Waals surface area contributed by atoms with E-state index in [0.29, 0.717) is 11.4 Å². The third-order valence-corrected chi connectivity index (χ3v) is 3.65. The monoisotopic (exact) mass is 378 g/mol. The van der Waals surface area contributed by atoms with Gasteiger partial charge < -0.3 is 14.0 Å². The molecule has 0 N–H and O–H groups in total. The van der Waals surface area contributed by atoms with Crippen LogP contribution in [0.25, 0.3) is 22.5 Å². The molecule has 26 heavy (non-hydrogen) atoms. The fourth-order valence-electron chi connectivity index (χ4n) is 2.13. The Morgan fingerprint density at radius 1 is 1.08 bits per heavy atom. The van der Waals surface area contributed by atoms with Gasteiger partial charge in [-0.05, 0) is 48.0 Å². The summed E-state index contributed by atoms with van der Waals surface area (Å²) in [6.45, 7) is -2.87. The molecule has 0 unspecified atom stereocenters. The Hall–Kier alpha value is -2.93. The summed E-state index contributed by atoms with van der Waals surface area (Å²) in [5.74, 6) is 1.31. The van der Waals surface area contributed by atoms with E-state index in [0.717, 1.165) is 11.3 Å². The van der Waals surface area contributed by atoms with E-state index in [1.165, 1.54) is 12.1 Å². The van der Waals surface area contributed by atoms with Gasteiger partial charge in [0.25, 0.3) is 5.89 Å². The molecule has 8 heteroatoms. The first kappa shape index (κ1) is 17.9. The highest BCUT2D eigenvalue weighted by Gasteiger charge is 2.12. The largest absolute Gasteiger partial charge is 0.497 e. The summed E-state index contributed by atoms with van der Waals surface area (Å²) in [5.41, 5.74) is 1.42. The van der Waals surface area contributed by atoms with Crippen LogP contribution in [-0.4, -0.2) is 23.9 Å². The molecule has 3 rings (SSSR count). The third kappa shape index (κ3) is 4.37. The highest BCUT2D eigenvalue weighted by atomic mass is 35.5. The number of rotatable bonds is 6. The molecule has 1 aromatic heterocycles. The number of benzene rings is 2. The van der Waals surface area contributed by atoms with E-state index < -0.39 is 6.61 Å². The fourth-order valence-corrected chi connectivity index (χ4v) is 2.33. The highest BCUT2D eigenvalue weighted by molar-refractivity contribution is 6.50. The van der Waals surface area contributed by atoms with Gasteiger partial charge in [-0.25, -0.2) is 0 Å². The SMILES string of the molecule is COc1ccc(-c2noc(/C(Cl)=C/c3ccc(OC(F)F)cc3)n2)cc1. The quantitative estimate of drug-likeness (QED) is 0.598. The normalized spacial score (nSPS) is 11.7. The van der Waals surface area contributed by atoms with Crippen molar-refractivity contribution in [3.63, 3.8) is 0 Å².